The molecule has 0 saturated carbocycles. The Kier molecular flexibility index (Phi) is 3.76. The summed E-state index contributed by atoms with van der Waals surface area (Å²) >= 11 is 0. The predicted octanol–water partition coefficient (Wildman–Crippen LogP) is 2.20. The number of benzene rings is 2. The second-order valence-corrected chi connectivity index (χ2v) is 4.99. The van der Waals surface area contributed by atoms with Crippen molar-refractivity contribution in [2.45, 2.75) is 20.4 Å². The van der Waals surface area contributed by atoms with Crippen LogP contribution in [0.15, 0.2) is 42.5 Å². The maximum absolute atomic E-state index is 2.32. The van der Waals surface area contributed by atoms with Gasteiger partial charge in [0.15, 0.2) is 0 Å². The van der Waals surface area contributed by atoms with Crippen molar-refractivity contribution in [3.05, 3.63) is 59.2 Å². The van der Waals surface area contributed by atoms with Gasteiger partial charge in [0.25, 0.3) is 0 Å². The summed E-state index contributed by atoms with van der Waals surface area (Å²) in [7, 11) is 4.36. The van der Waals surface area contributed by atoms with Crippen molar-refractivity contribution in [3.8, 4) is 0 Å². The lowest BCUT2D eigenvalue weighted by Crippen LogP contribution is -2.22. The van der Waals surface area contributed by atoms with Crippen molar-refractivity contribution < 1.29 is 0 Å². The van der Waals surface area contributed by atoms with Crippen molar-refractivity contribution in [2.75, 3.05) is 11.9 Å². The Morgan fingerprint density at radius 1 is 1.00 bits per heavy atom. The molecular formula is C16H20BN. The Balaban J connectivity index is 2.24. The maximum atomic E-state index is 2.32. The van der Waals surface area contributed by atoms with Gasteiger partial charge in [0, 0.05) is 19.3 Å². The molecule has 2 rings (SSSR count). The summed E-state index contributed by atoms with van der Waals surface area (Å²) in [6.45, 7) is 5.33. The lowest BCUT2D eigenvalue weighted by molar-refractivity contribution is 0.918. The molecule has 0 heterocycles. The molecule has 0 aliphatic rings. The van der Waals surface area contributed by atoms with Crippen molar-refractivity contribution in [1.82, 2.24) is 0 Å². The molecule has 2 heteroatoms. The number of hydrogen-bond acceptors (Lipinski definition) is 1. The van der Waals surface area contributed by atoms with E-state index in [9.17, 15) is 0 Å². The number of nitrogens with zero attached hydrogens (tertiary/aromatic N) is 1. The van der Waals surface area contributed by atoms with E-state index in [1.165, 1.54) is 27.8 Å². The molecule has 18 heavy (non-hydrogen) atoms. The van der Waals surface area contributed by atoms with Crippen molar-refractivity contribution in [1.29, 1.82) is 0 Å². The first-order valence-corrected chi connectivity index (χ1v) is 6.41. The fourth-order valence-corrected chi connectivity index (χ4v) is 2.30. The van der Waals surface area contributed by atoms with Crippen LogP contribution in [0.1, 0.15) is 16.7 Å². The molecule has 0 bridgehead atoms. The maximum Gasteiger partial charge on any atom is 0.140 e. The molecule has 0 radical (unpaired) electrons. The van der Waals surface area contributed by atoms with Gasteiger partial charge < -0.3 is 4.90 Å². The van der Waals surface area contributed by atoms with E-state index in [0.717, 1.165) is 6.54 Å². The molecule has 0 fully saturated rings. The predicted molar refractivity (Wildman–Crippen MR) is 82.6 cm³/mol. The largest absolute Gasteiger partial charge is 0.370 e. The van der Waals surface area contributed by atoms with Gasteiger partial charge in [-0.2, -0.15) is 0 Å². The zero-order valence-corrected chi connectivity index (χ0v) is 11.7. The van der Waals surface area contributed by atoms with Crippen LogP contribution in [0, 0.1) is 13.8 Å². The van der Waals surface area contributed by atoms with Gasteiger partial charge in [0.2, 0.25) is 0 Å². The van der Waals surface area contributed by atoms with E-state index < -0.39 is 0 Å². The first kappa shape index (κ1) is 12.8. The van der Waals surface area contributed by atoms with Gasteiger partial charge >= 0.3 is 0 Å². The summed E-state index contributed by atoms with van der Waals surface area (Å²) in [6.07, 6.45) is 0. The molecule has 0 atom stereocenters. The lowest BCUT2D eigenvalue weighted by atomic mass is 9.86. The molecule has 0 unspecified atom stereocenters. The average Bonchev–Trinajstić information content (AvgIpc) is 2.37. The van der Waals surface area contributed by atoms with Gasteiger partial charge in [-0.25, -0.2) is 0 Å². The molecule has 0 spiro atoms. The van der Waals surface area contributed by atoms with Crippen LogP contribution in [0.3, 0.4) is 0 Å². The van der Waals surface area contributed by atoms with Gasteiger partial charge in [0.1, 0.15) is 7.85 Å². The zero-order valence-electron chi connectivity index (χ0n) is 11.7. The van der Waals surface area contributed by atoms with Crippen LogP contribution in [-0.4, -0.2) is 14.9 Å². The van der Waals surface area contributed by atoms with Gasteiger partial charge in [-0.05, 0) is 31.0 Å². The average molecular weight is 237 g/mol. The first-order valence-electron chi connectivity index (χ1n) is 6.41. The smallest absolute Gasteiger partial charge is 0.140 e. The Labute approximate surface area is 111 Å². The van der Waals surface area contributed by atoms with E-state index in [2.05, 4.69) is 76.1 Å². The molecule has 0 aliphatic carbocycles. The molecule has 92 valence electrons. The van der Waals surface area contributed by atoms with Crippen LogP contribution in [0.25, 0.3) is 0 Å². The van der Waals surface area contributed by atoms with E-state index in [4.69, 9.17) is 0 Å². The Hall–Kier alpha value is -1.70. The molecule has 2 aromatic carbocycles. The van der Waals surface area contributed by atoms with Gasteiger partial charge in [-0.3, -0.25) is 0 Å². The first-order chi connectivity index (χ1) is 8.59. The zero-order chi connectivity index (χ0) is 13.1. The third-order valence-electron chi connectivity index (χ3n) is 3.70. The number of rotatable bonds is 3. The van der Waals surface area contributed by atoms with Crippen molar-refractivity contribution >= 4 is 19.0 Å². The normalized spacial score (nSPS) is 10.4. The van der Waals surface area contributed by atoms with Gasteiger partial charge in [0.05, 0.1) is 0 Å². The monoisotopic (exact) mass is 237 g/mol. The number of hydrogen-bond donors (Lipinski definition) is 0. The fraction of sp³-hybridized carbons (Fsp3) is 0.250. The van der Waals surface area contributed by atoms with Crippen LogP contribution in [0.4, 0.5) is 5.69 Å². The Morgan fingerprint density at radius 2 is 1.67 bits per heavy atom. The van der Waals surface area contributed by atoms with E-state index in [-0.39, 0.29) is 0 Å². The third kappa shape index (κ3) is 2.58. The number of aryl methyl sites for hydroxylation is 1. The second kappa shape index (κ2) is 5.30. The minimum Gasteiger partial charge on any atom is -0.370 e. The fourth-order valence-electron chi connectivity index (χ4n) is 2.30. The topological polar surface area (TPSA) is 3.24 Å². The molecule has 2 aromatic rings. The highest BCUT2D eigenvalue weighted by Crippen LogP contribution is 2.19. The summed E-state index contributed by atoms with van der Waals surface area (Å²) < 4.78 is 0. The molecule has 0 aliphatic heterocycles. The Bertz CT molecular complexity index is 534. The summed E-state index contributed by atoms with van der Waals surface area (Å²) in [5.41, 5.74) is 6.81. The molecule has 0 amide bonds. The standard InChI is InChI=1S/C16H20BN/c1-12-9-10-15(13(2)16(12)17)18(3)11-14-7-5-4-6-8-14/h4-10H,11,17H2,1-3H3. The van der Waals surface area contributed by atoms with E-state index in [1.807, 2.05) is 0 Å². The lowest BCUT2D eigenvalue weighted by Gasteiger charge is -2.23. The summed E-state index contributed by atoms with van der Waals surface area (Å²) in [5, 5.41) is 0. The summed E-state index contributed by atoms with van der Waals surface area (Å²) in [6, 6.07) is 15.0. The van der Waals surface area contributed by atoms with Crippen LogP contribution >= 0.6 is 0 Å². The van der Waals surface area contributed by atoms with Gasteiger partial charge in [-0.15, -0.1) is 0 Å². The quantitative estimate of drug-likeness (QED) is 0.740. The highest BCUT2D eigenvalue weighted by Gasteiger charge is 2.08. The van der Waals surface area contributed by atoms with Crippen LogP contribution in [-0.2, 0) is 6.54 Å². The highest BCUT2D eigenvalue weighted by atomic mass is 15.1. The molecular weight excluding hydrogens is 217 g/mol. The molecule has 0 N–H and O–H groups in total. The van der Waals surface area contributed by atoms with E-state index >= 15 is 0 Å². The molecule has 0 saturated heterocycles. The minimum atomic E-state index is 0.949. The number of anilines is 1. The summed E-state index contributed by atoms with van der Waals surface area (Å²) in [4.78, 5) is 2.32. The van der Waals surface area contributed by atoms with Gasteiger partial charge in [-0.1, -0.05) is 47.4 Å². The Morgan fingerprint density at radius 3 is 2.33 bits per heavy atom. The van der Waals surface area contributed by atoms with E-state index in [1.54, 1.807) is 0 Å². The second-order valence-electron chi connectivity index (χ2n) is 4.99. The summed E-state index contributed by atoms with van der Waals surface area (Å²) in [5.74, 6) is 0. The van der Waals surface area contributed by atoms with Crippen molar-refractivity contribution in [2.24, 2.45) is 0 Å². The highest BCUT2D eigenvalue weighted by molar-refractivity contribution is 6.34. The molecule has 0 aromatic heterocycles. The van der Waals surface area contributed by atoms with Crippen LogP contribution < -0.4 is 10.4 Å². The van der Waals surface area contributed by atoms with Crippen LogP contribution in [0.2, 0.25) is 0 Å². The molecule has 1 nitrogen and oxygen atoms in total. The van der Waals surface area contributed by atoms with Crippen molar-refractivity contribution in [3.63, 3.8) is 0 Å². The van der Waals surface area contributed by atoms with E-state index in [0.29, 0.717) is 0 Å². The minimum absolute atomic E-state index is 0.949. The SMILES string of the molecule is Bc1c(C)ccc(N(C)Cc2ccccc2)c1C. The van der Waals surface area contributed by atoms with Crippen LogP contribution in [0.5, 0.6) is 0 Å². The third-order valence-corrected chi connectivity index (χ3v) is 3.70.